The van der Waals surface area contributed by atoms with E-state index in [0.717, 1.165) is 38.0 Å². The smallest absolute Gasteiger partial charge is 0.373 e. The largest absolute Gasteiger partial charge is 0.373 e. The molecule has 3 fully saturated rings. The second-order valence-corrected chi connectivity index (χ2v) is 13.1. The highest BCUT2D eigenvalue weighted by Crippen LogP contribution is 2.56. The van der Waals surface area contributed by atoms with E-state index in [1.807, 2.05) is 0 Å². The Kier molecular flexibility index (Phi) is 8.37. The van der Waals surface area contributed by atoms with E-state index in [2.05, 4.69) is 103 Å². The Labute approximate surface area is 255 Å². The zero-order valence-electron chi connectivity index (χ0n) is 25.5. The highest BCUT2D eigenvalue weighted by molar-refractivity contribution is 6.09. The maximum Gasteiger partial charge on any atom is 0.373 e. The fraction of sp³-hybridized carbons (Fsp3) is 0.459. The molecule has 1 amide bonds. The third kappa shape index (κ3) is 5.37. The van der Waals surface area contributed by atoms with E-state index < -0.39 is 5.41 Å². The van der Waals surface area contributed by atoms with Gasteiger partial charge in [-0.05, 0) is 86.6 Å². The van der Waals surface area contributed by atoms with E-state index in [1.165, 1.54) is 34.2 Å². The van der Waals surface area contributed by atoms with E-state index in [4.69, 9.17) is 14.3 Å². The molecule has 3 aromatic rings. The lowest BCUT2D eigenvalue weighted by Crippen LogP contribution is -2.57. The number of para-hydroxylation sites is 1. The Morgan fingerprint density at radius 2 is 1.63 bits per heavy atom. The van der Waals surface area contributed by atoms with Crippen molar-refractivity contribution in [2.75, 3.05) is 18.0 Å². The van der Waals surface area contributed by atoms with Crippen molar-refractivity contribution in [3.63, 3.8) is 0 Å². The Morgan fingerprint density at radius 3 is 2.37 bits per heavy atom. The minimum Gasteiger partial charge on any atom is -0.373 e. The molecule has 6 heteroatoms. The van der Waals surface area contributed by atoms with Crippen LogP contribution in [0.4, 0.5) is 5.69 Å². The van der Waals surface area contributed by atoms with Crippen LogP contribution < -0.4 is 4.90 Å². The molecule has 4 aliphatic rings. The summed E-state index contributed by atoms with van der Waals surface area (Å²) in [5.41, 5.74) is 6.94. The molecule has 43 heavy (non-hydrogen) atoms. The average Bonchev–Trinajstić information content (AvgIpc) is 3.48. The Balaban J connectivity index is 0.00000105. The minimum atomic E-state index is -0.430. The number of rotatable bonds is 5. The molecule has 7 rings (SSSR count). The predicted molar refractivity (Wildman–Crippen MR) is 165 cm³/mol. The fourth-order valence-corrected chi connectivity index (χ4v) is 8.78. The molecule has 1 spiro atoms. The van der Waals surface area contributed by atoms with Crippen molar-refractivity contribution >= 4 is 17.7 Å². The monoisotopic (exact) mass is 578 g/mol. The van der Waals surface area contributed by atoms with Crippen LogP contribution in [0.1, 0.15) is 60.4 Å². The van der Waals surface area contributed by atoms with Gasteiger partial charge in [-0.15, -0.1) is 0 Å². The molecule has 6 atom stereocenters. The molecule has 1 saturated carbocycles. The van der Waals surface area contributed by atoms with Crippen LogP contribution in [0.25, 0.3) is 0 Å². The first kappa shape index (κ1) is 29.5. The number of carbonyl (C=O) groups is 1. The summed E-state index contributed by atoms with van der Waals surface area (Å²) >= 11 is 0. The van der Waals surface area contributed by atoms with Gasteiger partial charge in [-0.1, -0.05) is 84.8 Å². The zero-order chi connectivity index (χ0) is 30.1. The molecule has 6 nitrogen and oxygen atoms in total. The number of hydrogen-bond donors (Lipinski definition) is 0. The number of ether oxygens (including phenoxy) is 1. The SMILES string of the molecule is Cc1cccc(CO[C@H]2CC[C@H]3CN4CC[C@@]5(C(=O)N(Cc6cccc(C)c6)c6ccccc65)[C@@H]4C[C@@H]3[C@H]2C)c1.O=C=O. The minimum absolute atomic E-state index is 0.250. The second kappa shape index (κ2) is 12.2. The number of benzene rings is 3. The molecule has 0 unspecified atom stereocenters. The van der Waals surface area contributed by atoms with Crippen molar-refractivity contribution in [2.45, 2.75) is 77.2 Å². The number of hydrogen-bond acceptors (Lipinski definition) is 5. The van der Waals surface area contributed by atoms with Crippen molar-refractivity contribution < 1.29 is 19.1 Å². The summed E-state index contributed by atoms with van der Waals surface area (Å²) < 4.78 is 6.60. The van der Waals surface area contributed by atoms with Gasteiger partial charge in [-0.25, -0.2) is 0 Å². The van der Waals surface area contributed by atoms with Crippen molar-refractivity contribution in [3.05, 3.63) is 101 Å². The van der Waals surface area contributed by atoms with Gasteiger partial charge >= 0.3 is 6.15 Å². The fourth-order valence-electron chi connectivity index (χ4n) is 8.78. The van der Waals surface area contributed by atoms with Gasteiger partial charge < -0.3 is 9.64 Å². The van der Waals surface area contributed by atoms with Crippen molar-refractivity contribution in [3.8, 4) is 0 Å². The highest BCUT2D eigenvalue weighted by atomic mass is 16.5. The lowest BCUT2D eigenvalue weighted by molar-refractivity contribution is -0.191. The molecule has 0 bridgehead atoms. The van der Waals surface area contributed by atoms with E-state index >= 15 is 0 Å². The summed E-state index contributed by atoms with van der Waals surface area (Å²) in [7, 11) is 0. The van der Waals surface area contributed by atoms with E-state index in [1.54, 1.807) is 0 Å². The summed E-state index contributed by atoms with van der Waals surface area (Å²) in [6, 6.07) is 26.2. The molecule has 3 aliphatic heterocycles. The summed E-state index contributed by atoms with van der Waals surface area (Å²) in [5, 5.41) is 0. The third-order valence-corrected chi connectivity index (χ3v) is 10.7. The van der Waals surface area contributed by atoms with Crippen LogP contribution in [0.5, 0.6) is 0 Å². The van der Waals surface area contributed by atoms with E-state index in [-0.39, 0.29) is 18.3 Å². The standard InChI is InChI=1S/C36H42N2O2.CO2/c1-24-8-6-10-27(18-24)21-38-32-13-5-4-12-31(32)36(35(38)39)16-17-37-22-29-14-15-33(26(3)30(29)20-34(36)37)40-23-28-11-7-9-25(2)19-28;2-1-3/h4-13,18-19,26,29-30,33-34H,14-17,20-23H2,1-3H3;/t26-,29+,30-,33+,34+,36+;/m1./s1. The number of carbonyl (C=O) groups excluding carboxylic acids is 3. The van der Waals surface area contributed by atoms with E-state index in [0.29, 0.717) is 36.8 Å². The maximum absolute atomic E-state index is 14.6. The zero-order valence-corrected chi connectivity index (χ0v) is 25.5. The van der Waals surface area contributed by atoms with Crippen molar-refractivity contribution in [1.82, 2.24) is 4.90 Å². The van der Waals surface area contributed by atoms with Crippen LogP contribution in [0.2, 0.25) is 0 Å². The molecular formula is C37H42N2O4. The van der Waals surface area contributed by atoms with Gasteiger partial charge in [0.05, 0.1) is 24.7 Å². The number of piperidine rings is 1. The van der Waals surface area contributed by atoms with Gasteiger partial charge in [0, 0.05) is 18.3 Å². The number of nitrogens with zero attached hydrogens (tertiary/aromatic N) is 2. The van der Waals surface area contributed by atoms with Crippen LogP contribution >= 0.6 is 0 Å². The number of anilines is 1. The van der Waals surface area contributed by atoms with Gasteiger partial charge in [0.25, 0.3) is 0 Å². The first-order valence-electron chi connectivity index (χ1n) is 15.7. The average molecular weight is 579 g/mol. The van der Waals surface area contributed by atoms with Crippen LogP contribution in [0.3, 0.4) is 0 Å². The Hall–Kier alpha value is -3.57. The number of amides is 1. The van der Waals surface area contributed by atoms with Crippen molar-refractivity contribution in [1.29, 1.82) is 0 Å². The summed E-state index contributed by atoms with van der Waals surface area (Å²) in [5.74, 6) is 2.11. The second-order valence-electron chi connectivity index (χ2n) is 13.1. The Morgan fingerprint density at radius 1 is 0.930 bits per heavy atom. The maximum atomic E-state index is 14.6. The van der Waals surface area contributed by atoms with Crippen LogP contribution in [0, 0.1) is 31.6 Å². The topological polar surface area (TPSA) is 66.9 Å². The quantitative estimate of drug-likeness (QED) is 0.359. The van der Waals surface area contributed by atoms with Crippen LogP contribution in [-0.4, -0.2) is 42.2 Å². The molecule has 3 heterocycles. The lowest BCUT2D eigenvalue weighted by atomic mass is 9.62. The first-order chi connectivity index (χ1) is 20.8. The molecule has 2 saturated heterocycles. The molecule has 0 radical (unpaired) electrons. The first-order valence-corrected chi connectivity index (χ1v) is 15.7. The number of fused-ring (bicyclic) bond motifs is 5. The third-order valence-electron chi connectivity index (χ3n) is 10.7. The molecular weight excluding hydrogens is 536 g/mol. The predicted octanol–water partition coefficient (Wildman–Crippen LogP) is 6.23. The number of aryl methyl sites for hydroxylation is 2. The highest BCUT2D eigenvalue weighted by Gasteiger charge is 2.62. The summed E-state index contributed by atoms with van der Waals surface area (Å²) in [4.78, 5) is 35.6. The van der Waals surface area contributed by atoms with Gasteiger partial charge in [-0.3, -0.25) is 9.69 Å². The molecule has 0 aromatic heterocycles. The Bertz CT molecular complexity index is 1510. The molecule has 3 aromatic carbocycles. The van der Waals surface area contributed by atoms with Gasteiger partial charge in [0.2, 0.25) is 5.91 Å². The normalized spacial score (nSPS) is 29.3. The lowest BCUT2D eigenvalue weighted by Gasteiger charge is -2.51. The van der Waals surface area contributed by atoms with Gasteiger partial charge in [-0.2, -0.15) is 9.59 Å². The summed E-state index contributed by atoms with van der Waals surface area (Å²) in [6.07, 6.45) is 4.93. The van der Waals surface area contributed by atoms with Crippen LogP contribution in [0.15, 0.2) is 72.8 Å². The molecule has 0 N–H and O–H groups in total. The van der Waals surface area contributed by atoms with Gasteiger partial charge in [0.1, 0.15) is 0 Å². The van der Waals surface area contributed by atoms with Crippen molar-refractivity contribution in [2.24, 2.45) is 17.8 Å². The molecule has 224 valence electrons. The summed E-state index contributed by atoms with van der Waals surface area (Å²) in [6.45, 7) is 10.2. The van der Waals surface area contributed by atoms with E-state index in [9.17, 15) is 4.79 Å². The molecule has 1 aliphatic carbocycles. The van der Waals surface area contributed by atoms with Gasteiger partial charge in [0.15, 0.2) is 0 Å². The van der Waals surface area contributed by atoms with Crippen LogP contribution in [-0.2, 0) is 37.7 Å².